The number of benzene rings is 2. The molecule has 0 amide bonds. The molecule has 0 aliphatic rings. The van der Waals surface area contributed by atoms with Gasteiger partial charge >= 0.3 is 0 Å². The first-order valence-electron chi connectivity index (χ1n) is 7.05. The Morgan fingerprint density at radius 3 is 2.17 bits per heavy atom. The lowest BCUT2D eigenvalue weighted by atomic mass is 10.2. The molecule has 0 unspecified atom stereocenters. The highest BCUT2D eigenvalue weighted by molar-refractivity contribution is 7.92. The fraction of sp³-hybridized carbons (Fsp3) is 0.250. The second-order valence-corrected chi connectivity index (χ2v) is 7.15. The van der Waals surface area contributed by atoms with Gasteiger partial charge < -0.3 is 5.11 Å². The zero-order valence-electron chi connectivity index (χ0n) is 13.0. The number of sulfonamides is 1. The molecule has 0 fully saturated rings. The normalized spacial score (nSPS) is 12.9. The summed E-state index contributed by atoms with van der Waals surface area (Å²) in [5.41, 5.74) is 0.144. The van der Waals surface area contributed by atoms with E-state index in [0.717, 1.165) is 11.6 Å². The molecule has 24 heavy (non-hydrogen) atoms. The van der Waals surface area contributed by atoms with E-state index in [-0.39, 0.29) is 4.90 Å². The zero-order valence-corrected chi connectivity index (χ0v) is 13.8. The van der Waals surface area contributed by atoms with Crippen LogP contribution in [-0.4, -0.2) is 26.2 Å². The third-order valence-electron chi connectivity index (χ3n) is 3.49. The van der Waals surface area contributed by atoms with Crippen molar-refractivity contribution in [3.63, 3.8) is 0 Å². The smallest absolute Gasteiger partial charge is 0.264 e. The highest BCUT2D eigenvalue weighted by atomic mass is 32.2. The van der Waals surface area contributed by atoms with E-state index in [1.807, 2.05) is 0 Å². The monoisotopic (exact) mass is 359 g/mol. The number of aryl methyl sites for hydroxylation is 1. The topological polar surface area (TPSA) is 57.6 Å². The first kappa shape index (κ1) is 18.3. The van der Waals surface area contributed by atoms with Crippen LogP contribution in [0, 0.1) is 24.4 Å². The summed E-state index contributed by atoms with van der Waals surface area (Å²) in [6.07, 6.45) is 0. The number of anilines is 1. The van der Waals surface area contributed by atoms with Crippen LogP contribution in [0.15, 0.2) is 41.3 Å². The van der Waals surface area contributed by atoms with Gasteiger partial charge in [0.25, 0.3) is 10.0 Å². The molecule has 0 aliphatic heterocycles. The lowest BCUT2D eigenvalue weighted by Gasteiger charge is -2.29. The molecule has 0 saturated carbocycles. The van der Waals surface area contributed by atoms with Gasteiger partial charge in [-0.25, -0.2) is 21.6 Å². The average Bonchev–Trinajstić information content (AvgIpc) is 2.55. The highest BCUT2D eigenvalue weighted by Crippen LogP contribution is 2.30. The zero-order chi connectivity index (χ0) is 18.1. The summed E-state index contributed by atoms with van der Waals surface area (Å²) < 4.78 is 67.0. The number of hydrogen-bond donors (Lipinski definition) is 1. The second kappa shape index (κ2) is 6.82. The van der Waals surface area contributed by atoms with Gasteiger partial charge in [-0.1, -0.05) is 17.7 Å². The fourth-order valence-corrected chi connectivity index (χ4v) is 3.84. The largest absolute Gasteiger partial charge is 0.394 e. The van der Waals surface area contributed by atoms with Gasteiger partial charge in [0.2, 0.25) is 0 Å². The standard InChI is InChI=1S/C16H16F3NO3S/c1-10-3-5-12(6-4-10)24(22,23)20(11(2)9-21)14-8-7-13(17)15(18)16(14)19/h3-8,11,21H,9H2,1-2H3/t11-/m0/s1. The third kappa shape index (κ3) is 3.25. The molecule has 1 atom stereocenters. The predicted molar refractivity (Wildman–Crippen MR) is 83.7 cm³/mol. The summed E-state index contributed by atoms with van der Waals surface area (Å²) in [5.74, 6) is -4.84. The molecule has 0 bridgehead atoms. The summed E-state index contributed by atoms with van der Waals surface area (Å²) in [5, 5.41) is 9.34. The molecule has 0 spiro atoms. The minimum atomic E-state index is -4.29. The van der Waals surface area contributed by atoms with Crippen LogP contribution < -0.4 is 4.31 Å². The van der Waals surface area contributed by atoms with Crippen LogP contribution in [0.1, 0.15) is 12.5 Å². The van der Waals surface area contributed by atoms with Gasteiger partial charge in [0, 0.05) is 0 Å². The Morgan fingerprint density at radius 1 is 1.04 bits per heavy atom. The summed E-state index contributed by atoms with van der Waals surface area (Å²) in [7, 11) is -4.29. The van der Waals surface area contributed by atoms with Gasteiger partial charge in [0.1, 0.15) is 0 Å². The molecule has 0 heterocycles. The van der Waals surface area contributed by atoms with Crippen molar-refractivity contribution in [1.29, 1.82) is 0 Å². The van der Waals surface area contributed by atoms with E-state index in [2.05, 4.69) is 0 Å². The quantitative estimate of drug-likeness (QED) is 0.835. The Bertz CT molecular complexity index is 838. The van der Waals surface area contributed by atoms with Crippen molar-refractivity contribution >= 4 is 15.7 Å². The van der Waals surface area contributed by atoms with Gasteiger partial charge in [-0.3, -0.25) is 4.31 Å². The van der Waals surface area contributed by atoms with E-state index in [9.17, 15) is 26.7 Å². The molecule has 8 heteroatoms. The van der Waals surface area contributed by atoms with Crippen molar-refractivity contribution in [3.05, 3.63) is 59.4 Å². The highest BCUT2D eigenvalue weighted by Gasteiger charge is 2.32. The van der Waals surface area contributed by atoms with Crippen molar-refractivity contribution in [2.75, 3.05) is 10.9 Å². The molecule has 130 valence electrons. The lowest BCUT2D eigenvalue weighted by molar-refractivity contribution is 0.274. The van der Waals surface area contributed by atoms with Crippen molar-refractivity contribution in [1.82, 2.24) is 0 Å². The van der Waals surface area contributed by atoms with E-state index in [0.29, 0.717) is 10.4 Å². The predicted octanol–water partition coefficient (Wildman–Crippen LogP) is 2.99. The van der Waals surface area contributed by atoms with E-state index in [1.54, 1.807) is 19.1 Å². The molecule has 0 aliphatic carbocycles. The van der Waals surface area contributed by atoms with Gasteiger partial charge in [-0.05, 0) is 38.1 Å². The molecular formula is C16H16F3NO3S. The Hall–Kier alpha value is -2.06. The minimum absolute atomic E-state index is 0.155. The van der Waals surface area contributed by atoms with E-state index >= 15 is 0 Å². The molecule has 2 aromatic rings. The van der Waals surface area contributed by atoms with Crippen LogP contribution in [0.5, 0.6) is 0 Å². The van der Waals surface area contributed by atoms with Gasteiger partial charge in [0.05, 0.1) is 23.2 Å². The van der Waals surface area contributed by atoms with Crippen LogP contribution in [-0.2, 0) is 10.0 Å². The van der Waals surface area contributed by atoms with Crippen LogP contribution in [0.4, 0.5) is 18.9 Å². The van der Waals surface area contributed by atoms with Gasteiger partial charge in [-0.2, -0.15) is 0 Å². The number of halogens is 3. The van der Waals surface area contributed by atoms with Crippen LogP contribution in [0.2, 0.25) is 0 Å². The first-order chi connectivity index (χ1) is 11.2. The van der Waals surface area contributed by atoms with Gasteiger partial charge in [-0.15, -0.1) is 0 Å². The van der Waals surface area contributed by atoms with Crippen molar-refractivity contribution in [2.45, 2.75) is 24.8 Å². The second-order valence-electron chi connectivity index (χ2n) is 5.34. The molecule has 0 aromatic heterocycles. The SMILES string of the molecule is Cc1ccc(S(=O)(=O)N(c2ccc(F)c(F)c2F)[C@@H](C)CO)cc1. The van der Waals surface area contributed by atoms with Crippen LogP contribution in [0.25, 0.3) is 0 Å². The number of aliphatic hydroxyl groups excluding tert-OH is 1. The molecule has 0 saturated heterocycles. The van der Waals surface area contributed by atoms with Gasteiger partial charge in [0.15, 0.2) is 17.5 Å². The Morgan fingerprint density at radius 2 is 1.62 bits per heavy atom. The maximum Gasteiger partial charge on any atom is 0.264 e. The van der Waals surface area contributed by atoms with Crippen molar-refractivity contribution in [3.8, 4) is 0 Å². The Balaban J connectivity index is 2.66. The van der Waals surface area contributed by atoms with E-state index in [4.69, 9.17) is 0 Å². The number of aliphatic hydroxyl groups is 1. The van der Waals surface area contributed by atoms with E-state index in [1.165, 1.54) is 19.1 Å². The average molecular weight is 359 g/mol. The van der Waals surface area contributed by atoms with Crippen LogP contribution >= 0.6 is 0 Å². The summed E-state index contributed by atoms with van der Waals surface area (Å²) in [4.78, 5) is -0.155. The van der Waals surface area contributed by atoms with Crippen molar-refractivity contribution < 1.29 is 26.7 Å². The fourth-order valence-electron chi connectivity index (χ4n) is 2.19. The summed E-state index contributed by atoms with van der Waals surface area (Å²) in [6.45, 7) is 2.45. The molecular weight excluding hydrogens is 343 g/mol. The summed E-state index contributed by atoms with van der Waals surface area (Å²) >= 11 is 0. The number of nitrogens with zero attached hydrogens (tertiary/aromatic N) is 1. The lowest BCUT2D eigenvalue weighted by Crippen LogP contribution is -2.41. The molecule has 2 aromatic carbocycles. The first-order valence-corrected chi connectivity index (χ1v) is 8.49. The molecule has 4 nitrogen and oxygen atoms in total. The number of hydrogen-bond acceptors (Lipinski definition) is 3. The van der Waals surface area contributed by atoms with Crippen molar-refractivity contribution in [2.24, 2.45) is 0 Å². The minimum Gasteiger partial charge on any atom is -0.394 e. The molecule has 0 radical (unpaired) electrons. The maximum absolute atomic E-state index is 14.1. The third-order valence-corrected chi connectivity index (χ3v) is 5.44. The molecule has 1 N–H and O–H groups in total. The van der Waals surface area contributed by atoms with Crippen LogP contribution in [0.3, 0.4) is 0 Å². The maximum atomic E-state index is 14.1. The Kier molecular flexibility index (Phi) is 5.19. The van der Waals surface area contributed by atoms with E-state index < -0.39 is 45.8 Å². The summed E-state index contributed by atoms with van der Waals surface area (Å²) in [6, 6.07) is 6.11. The Labute approximate surface area is 138 Å². The number of rotatable bonds is 5. The molecule has 2 rings (SSSR count).